The van der Waals surface area contributed by atoms with Gasteiger partial charge in [0.15, 0.2) is 0 Å². The van der Waals surface area contributed by atoms with Crippen LogP contribution < -0.4 is 0 Å². The van der Waals surface area contributed by atoms with Gasteiger partial charge in [-0.15, -0.1) is 23.5 Å². The van der Waals surface area contributed by atoms with Gasteiger partial charge in [0, 0.05) is 48.3 Å². The van der Waals surface area contributed by atoms with Crippen LogP contribution >= 0.6 is 35.1 Å². The molecule has 4 nitrogen and oxygen atoms in total. The molecule has 2 aliphatic rings. The highest BCUT2D eigenvalue weighted by atomic mass is 35.5. The summed E-state index contributed by atoms with van der Waals surface area (Å²) >= 11 is 9.76. The number of carbonyl (C=O) groups excluding carboxylic acids is 2. The summed E-state index contributed by atoms with van der Waals surface area (Å²) < 4.78 is 14.4. The Morgan fingerprint density at radius 2 is 1.48 bits per heavy atom. The van der Waals surface area contributed by atoms with Gasteiger partial charge in [0.1, 0.15) is 5.82 Å². The van der Waals surface area contributed by atoms with Crippen molar-refractivity contribution in [1.29, 1.82) is 0 Å². The summed E-state index contributed by atoms with van der Waals surface area (Å²) in [6.45, 7) is 1.57. The lowest BCUT2D eigenvalue weighted by molar-refractivity contribution is 0.0533. The summed E-state index contributed by atoms with van der Waals surface area (Å²) in [6.07, 6.45) is 0. The first kappa shape index (κ1) is 20.6. The van der Waals surface area contributed by atoms with Crippen LogP contribution in [-0.2, 0) is 0 Å². The molecular weight excluding hydrogens is 431 g/mol. The monoisotopic (exact) mass is 450 g/mol. The highest BCUT2D eigenvalue weighted by Gasteiger charge is 2.27. The molecular formula is C21H20ClFN2O2S2. The molecule has 0 unspecified atom stereocenters. The van der Waals surface area contributed by atoms with Gasteiger partial charge in [-0.05, 0) is 35.9 Å². The predicted molar refractivity (Wildman–Crippen MR) is 117 cm³/mol. The number of halogens is 2. The van der Waals surface area contributed by atoms with Crippen molar-refractivity contribution < 1.29 is 14.0 Å². The average Bonchev–Trinajstić information content (AvgIpc) is 3.30. The standard InChI is InChI=1S/C21H20ClFN2O2S2/c22-16-5-6-18(23)17(13-16)20(27)25-9-7-24(8-10-25)19(26)14-1-3-15(4-2-14)21-28-11-12-29-21/h1-6,13,21H,7-12H2. The van der Waals surface area contributed by atoms with Crippen molar-refractivity contribution >= 4 is 46.9 Å². The van der Waals surface area contributed by atoms with Gasteiger partial charge in [-0.2, -0.15) is 0 Å². The Bertz CT molecular complexity index is 911. The third-order valence-corrected chi connectivity index (χ3v) is 8.40. The van der Waals surface area contributed by atoms with Crippen LogP contribution in [0.15, 0.2) is 42.5 Å². The topological polar surface area (TPSA) is 40.6 Å². The van der Waals surface area contributed by atoms with Crippen molar-refractivity contribution in [1.82, 2.24) is 9.80 Å². The summed E-state index contributed by atoms with van der Waals surface area (Å²) in [6, 6.07) is 11.8. The first-order valence-corrected chi connectivity index (χ1v) is 11.9. The predicted octanol–water partition coefficient (Wildman–Crippen LogP) is 4.56. The number of nitrogens with zero attached hydrogens (tertiary/aromatic N) is 2. The normalized spacial score (nSPS) is 17.6. The quantitative estimate of drug-likeness (QED) is 0.687. The molecule has 0 aromatic heterocycles. The number of hydrogen-bond donors (Lipinski definition) is 0. The van der Waals surface area contributed by atoms with Gasteiger partial charge < -0.3 is 9.80 Å². The van der Waals surface area contributed by atoms with E-state index in [4.69, 9.17) is 11.6 Å². The molecule has 0 N–H and O–H groups in total. The Hall–Kier alpha value is -1.70. The summed E-state index contributed by atoms with van der Waals surface area (Å²) in [7, 11) is 0. The van der Waals surface area contributed by atoms with E-state index in [2.05, 4.69) is 0 Å². The van der Waals surface area contributed by atoms with Crippen LogP contribution in [0.2, 0.25) is 5.02 Å². The molecule has 0 saturated carbocycles. The summed E-state index contributed by atoms with van der Waals surface area (Å²) in [5.41, 5.74) is 1.87. The van der Waals surface area contributed by atoms with Gasteiger partial charge in [-0.1, -0.05) is 23.7 Å². The number of thioether (sulfide) groups is 2. The van der Waals surface area contributed by atoms with Gasteiger partial charge in [0.2, 0.25) is 0 Å². The van der Waals surface area contributed by atoms with E-state index < -0.39 is 11.7 Å². The number of amides is 2. The molecule has 0 bridgehead atoms. The van der Waals surface area contributed by atoms with Gasteiger partial charge in [-0.3, -0.25) is 9.59 Å². The van der Waals surface area contributed by atoms with E-state index in [0.717, 1.165) is 11.5 Å². The highest BCUT2D eigenvalue weighted by molar-refractivity contribution is 8.19. The maximum Gasteiger partial charge on any atom is 0.257 e. The van der Waals surface area contributed by atoms with Gasteiger partial charge in [0.05, 0.1) is 10.1 Å². The van der Waals surface area contributed by atoms with Crippen molar-refractivity contribution in [2.24, 2.45) is 0 Å². The third kappa shape index (κ3) is 4.57. The lowest BCUT2D eigenvalue weighted by Gasteiger charge is -2.35. The Morgan fingerprint density at radius 1 is 0.897 bits per heavy atom. The average molecular weight is 451 g/mol. The lowest BCUT2D eigenvalue weighted by atomic mass is 10.1. The van der Waals surface area contributed by atoms with E-state index in [1.165, 1.54) is 23.8 Å². The van der Waals surface area contributed by atoms with E-state index in [1.54, 1.807) is 9.80 Å². The van der Waals surface area contributed by atoms with E-state index in [1.807, 2.05) is 47.8 Å². The molecule has 2 aromatic rings. The zero-order valence-electron chi connectivity index (χ0n) is 15.6. The Kier molecular flexibility index (Phi) is 6.37. The maximum atomic E-state index is 14.0. The van der Waals surface area contributed by atoms with Gasteiger partial charge >= 0.3 is 0 Å². The fraction of sp³-hybridized carbons (Fsp3) is 0.333. The summed E-state index contributed by atoms with van der Waals surface area (Å²) in [4.78, 5) is 28.7. The van der Waals surface area contributed by atoms with Crippen LogP contribution in [0.3, 0.4) is 0 Å². The van der Waals surface area contributed by atoms with Crippen molar-refractivity contribution in [3.63, 3.8) is 0 Å². The van der Waals surface area contributed by atoms with Crippen LogP contribution in [-0.4, -0.2) is 59.3 Å². The summed E-state index contributed by atoms with van der Waals surface area (Å²) in [5, 5.41) is 0.321. The lowest BCUT2D eigenvalue weighted by Crippen LogP contribution is -2.50. The second-order valence-corrected chi connectivity index (χ2v) is 10.1. The molecule has 0 aliphatic carbocycles. The molecule has 0 atom stereocenters. The largest absolute Gasteiger partial charge is 0.335 e. The molecule has 2 saturated heterocycles. The number of hydrogen-bond acceptors (Lipinski definition) is 4. The molecule has 0 spiro atoms. The van der Waals surface area contributed by atoms with Crippen LogP contribution in [0.1, 0.15) is 30.9 Å². The van der Waals surface area contributed by atoms with E-state index in [0.29, 0.717) is 41.3 Å². The molecule has 0 radical (unpaired) electrons. The van der Waals surface area contributed by atoms with Crippen LogP contribution in [0, 0.1) is 5.82 Å². The number of piperazine rings is 1. The Morgan fingerprint density at radius 3 is 2.10 bits per heavy atom. The second-order valence-electron chi connectivity index (χ2n) is 6.90. The fourth-order valence-electron chi connectivity index (χ4n) is 3.46. The van der Waals surface area contributed by atoms with Crippen LogP contribution in [0.25, 0.3) is 0 Å². The van der Waals surface area contributed by atoms with Crippen molar-refractivity contribution in [2.45, 2.75) is 4.58 Å². The van der Waals surface area contributed by atoms with Crippen molar-refractivity contribution in [3.8, 4) is 0 Å². The highest BCUT2D eigenvalue weighted by Crippen LogP contribution is 2.45. The minimum Gasteiger partial charge on any atom is -0.335 e. The third-order valence-electron chi connectivity index (χ3n) is 5.06. The molecule has 4 rings (SSSR count). The second kappa shape index (κ2) is 8.98. The molecule has 29 heavy (non-hydrogen) atoms. The molecule has 2 fully saturated rings. The van der Waals surface area contributed by atoms with Crippen molar-refractivity contribution in [3.05, 3.63) is 70.0 Å². The minimum atomic E-state index is -0.586. The SMILES string of the molecule is O=C(c1ccc(C2SCCS2)cc1)N1CCN(C(=O)c2cc(Cl)ccc2F)CC1. The molecule has 2 heterocycles. The first-order chi connectivity index (χ1) is 14.0. The van der Waals surface area contributed by atoms with Gasteiger partial charge in [-0.25, -0.2) is 4.39 Å². The number of carbonyl (C=O) groups is 2. The maximum absolute atomic E-state index is 14.0. The van der Waals surface area contributed by atoms with Crippen LogP contribution in [0.4, 0.5) is 4.39 Å². The van der Waals surface area contributed by atoms with E-state index >= 15 is 0 Å². The van der Waals surface area contributed by atoms with Crippen LogP contribution in [0.5, 0.6) is 0 Å². The van der Waals surface area contributed by atoms with Crippen molar-refractivity contribution in [2.75, 3.05) is 37.7 Å². The minimum absolute atomic E-state index is 0.0319. The van der Waals surface area contributed by atoms with E-state index in [-0.39, 0.29) is 11.5 Å². The number of benzene rings is 2. The zero-order chi connectivity index (χ0) is 20.4. The molecule has 2 aliphatic heterocycles. The smallest absolute Gasteiger partial charge is 0.257 e. The number of rotatable bonds is 3. The molecule has 2 amide bonds. The van der Waals surface area contributed by atoms with Gasteiger partial charge in [0.25, 0.3) is 11.8 Å². The molecule has 152 valence electrons. The molecule has 8 heteroatoms. The van der Waals surface area contributed by atoms with E-state index in [9.17, 15) is 14.0 Å². The molecule has 2 aromatic carbocycles. The fourth-order valence-corrected chi connectivity index (χ4v) is 6.49. The first-order valence-electron chi connectivity index (χ1n) is 9.40. The zero-order valence-corrected chi connectivity index (χ0v) is 18.0. The summed E-state index contributed by atoms with van der Waals surface area (Å²) in [5.74, 6) is 1.31. The Labute approximate surface area is 182 Å². The Balaban J connectivity index is 1.37.